The molecule has 1 aromatic carbocycles. The molecule has 4 heteroatoms. The van der Waals surface area contributed by atoms with Gasteiger partial charge < -0.3 is 15.6 Å². The Kier molecular flexibility index (Phi) is 4.20. The number of halogens is 1. The van der Waals surface area contributed by atoms with Crippen LogP contribution in [0.2, 0.25) is 5.02 Å². The van der Waals surface area contributed by atoms with Gasteiger partial charge >= 0.3 is 0 Å². The van der Waals surface area contributed by atoms with Crippen LogP contribution in [0, 0.1) is 0 Å². The lowest BCUT2D eigenvalue weighted by atomic mass is 10.0. The Morgan fingerprint density at radius 1 is 1.57 bits per heavy atom. The van der Waals surface area contributed by atoms with E-state index >= 15 is 0 Å². The van der Waals surface area contributed by atoms with Crippen LogP contribution in [-0.4, -0.2) is 25.4 Å². The van der Waals surface area contributed by atoms with E-state index in [9.17, 15) is 0 Å². The predicted molar refractivity (Wildman–Crippen MR) is 56.9 cm³/mol. The first-order valence-electron chi connectivity index (χ1n) is 4.37. The highest BCUT2D eigenvalue weighted by Gasteiger charge is 2.10. The van der Waals surface area contributed by atoms with Gasteiger partial charge in [0.1, 0.15) is 5.75 Å². The normalized spacial score (nSPS) is 12.6. The smallest absolute Gasteiger partial charge is 0.137 e. The molecule has 1 unspecified atom stereocenters. The van der Waals surface area contributed by atoms with E-state index in [4.69, 9.17) is 27.2 Å². The van der Waals surface area contributed by atoms with E-state index in [1.54, 1.807) is 19.2 Å². The summed E-state index contributed by atoms with van der Waals surface area (Å²) in [6.07, 6.45) is 0. The molecule has 78 valence electrons. The number of aliphatic hydroxyl groups excluding tert-OH is 1. The summed E-state index contributed by atoms with van der Waals surface area (Å²) in [6.45, 7) is 0.433. The molecule has 3 N–H and O–H groups in total. The van der Waals surface area contributed by atoms with Gasteiger partial charge in [0.25, 0.3) is 0 Å². The van der Waals surface area contributed by atoms with Crippen molar-refractivity contribution in [2.75, 3.05) is 20.3 Å². The van der Waals surface area contributed by atoms with Gasteiger partial charge in [-0.05, 0) is 17.7 Å². The van der Waals surface area contributed by atoms with Crippen LogP contribution in [-0.2, 0) is 0 Å². The number of nitrogens with two attached hydrogens (primary N) is 1. The van der Waals surface area contributed by atoms with Gasteiger partial charge in [-0.2, -0.15) is 0 Å². The van der Waals surface area contributed by atoms with E-state index in [2.05, 4.69) is 0 Å². The second-order valence-corrected chi connectivity index (χ2v) is 3.42. The Morgan fingerprint density at radius 3 is 2.79 bits per heavy atom. The van der Waals surface area contributed by atoms with E-state index in [-0.39, 0.29) is 12.5 Å². The Morgan fingerprint density at radius 2 is 2.29 bits per heavy atom. The number of ether oxygens (including phenoxy) is 1. The quantitative estimate of drug-likeness (QED) is 0.798. The molecule has 0 fully saturated rings. The zero-order valence-electron chi connectivity index (χ0n) is 8.03. The second-order valence-electron chi connectivity index (χ2n) is 3.01. The molecule has 14 heavy (non-hydrogen) atoms. The molecule has 0 aliphatic heterocycles. The molecular formula is C10H14ClNO2. The molecule has 0 aliphatic carbocycles. The van der Waals surface area contributed by atoms with Crippen LogP contribution >= 0.6 is 11.6 Å². The van der Waals surface area contributed by atoms with Gasteiger partial charge in [-0.25, -0.2) is 0 Å². The second kappa shape index (κ2) is 5.20. The minimum atomic E-state index is -0.0545. The van der Waals surface area contributed by atoms with Gasteiger partial charge in [0.2, 0.25) is 0 Å². The van der Waals surface area contributed by atoms with Crippen molar-refractivity contribution in [1.29, 1.82) is 0 Å². The molecule has 0 bridgehead atoms. The first-order chi connectivity index (χ1) is 6.72. The van der Waals surface area contributed by atoms with Crippen molar-refractivity contribution in [1.82, 2.24) is 0 Å². The molecule has 0 saturated carbocycles. The Bertz CT molecular complexity index is 300. The van der Waals surface area contributed by atoms with Gasteiger partial charge in [0.05, 0.1) is 18.7 Å². The third-order valence-electron chi connectivity index (χ3n) is 2.15. The van der Waals surface area contributed by atoms with Gasteiger partial charge in [0, 0.05) is 12.5 Å². The van der Waals surface area contributed by atoms with Gasteiger partial charge in [-0.15, -0.1) is 0 Å². The number of benzene rings is 1. The number of hydrogen-bond acceptors (Lipinski definition) is 3. The summed E-state index contributed by atoms with van der Waals surface area (Å²) in [4.78, 5) is 0. The lowest BCUT2D eigenvalue weighted by Crippen LogP contribution is -2.15. The van der Waals surface area contributed by atoms with E-state index in [1.807, 2.05) is 6.07 Å². The van der Waals surface area contributed by atoms with Crippen molar-refractivity contribution in [2.24, 2.45) is 5.73 Å². The summed E-state index contributed by atoms with van der Waals surface area (Å²) in [5.41, 5.74) is 6.45. The van der Waals surface area contributed by atoms with Gasteiger partial charge in [0.15, 0.2) is 0 Å². The molecule has 0 heterocycles. The van der Waals surface area contributed by atoms with E-state index in [0.717, 1.165) is 5.56 Å². The SMILES string of the molecule is COc1cc(C(CN)CO)ccc1Cl. The van der Waals surface area contributed by atoms with Gasteiger partial charge in [-0.1, -0.05) is 17.7 Å². The van der Waals surface area contributed by atoms with Crippen LogP contribution in [0.25, 0.3) is 0 Å². The summed E-state index contributed by atoms with van der Waals surface area (Å²) >= 11 is 5.87. The fourth-order valence-corrected chi connectivity index (χ4v) is 1.44. The molecule has 0 aliphatic rings. The predicted octanol–water partition coefficient (Wildman–Crippen LogP) is 1.38. The molecule has 3 nitrogen and oxygen atoms in total. The van der Waals surface area contributed by atoms with Crippen molar-refractivity contribution < 1.29 is 9.84 Å². The van der Waals surface area contributed by atoms with Crippen LogP contribution in [0.5, 0.6) is 5.75 Å². The van der Waals surface area contributed by atoms with Crippen LogP contribution < -0.4 is 10.5 Å². The minimum Gasteiger partial charge on any atom is -0.495 e. The molecule has 1 rings (SSSR count). The Balaban J connectivity index is 2.98. The first-order valence-corrected chi connectivity index (χ1v) is 4.75. The average Bonchev–Trinajstić information content (AvgIpc) is 2.22. The van der Waals surface area contributed by atoms with E-state index in [1.165, 1.54) is 0 Å². The fourth-order valence-electron chi connectivity index (χ4n) is 1.25. The van der Waals surface area contributed by atoms with Crippen molar-refractivity contribution >= 4 is 11.6 Å². The summed E-state index contributed by atoms with van der Waals surface area (Å²) in [5.74, 6) is 0.553. The average molecular weight is 216 g/mol. The Labute approximate surface area is 88.4 Å². The van der Waals surface area contributed by atoms with E-state index in [0.29, 0.717) is 17.3 Å². The molecule has 0 aromatic heterocycles. The lowest BCUT2D eigenvalue weighted by Gasteiger charge is -2.13. The summed E-state index contributed by atoms with van der Waals surface area (Å²) < 4.78 is 5.07. The molecule has 1 aromatic rings. The zero-order valence-corrected chi connectivity index (χ0v) is 8.79. The monoisotopic (exact) mass is 215 g/mol. The highest BCUT2D eigenvalue weighted by molar-refractivity contribution is 6.32. The standard InChI is InChI=1S/C10H14ClNO2/c1-14-10-4-7(2-3-9(10)11)8(5-12)6-13/h2-4,8,13H,5-6,12H2,1H3. The van der Waals surface area contributed by atoms with Crippen LogP contribution in [0.3, 0.4) is 0 Å². The molecule has 0 radical (unpaired) electrons. The molecule has 0 saturated heterocycles. The van der Waals surface area contributed by atoms with Crippen molar-refractivity contribution in [2.45, 2.75) is 5.92 Å². The highest BCUT2D eigenvalue weighted by Crippen LogP contribution is 2.27. The third-order valence-corrected chi connectivity index (χ3v) is 2.46. The largest absolute Gasteiger partial charge is 0.495 e. The maximum Gasteiger partial charge on any atom is 0.137 e. The number of aliphatic hydroxyl groups is 1. The zero-order chi connectivity index (χ0) is 10.6. The van der Waals surface area contributed by atoms with Crippen molar-refractivity contribution in [3.05, 3.63) is 28.8 Å². The van der Waals surface area contributed by atoms with E-state index < -0.39 is 0 Å². The lowest BCUT2D eigenvalue weighted by molar-refractivity contribution is 0.267. The van der Waals surface area contributed by atoms with Crippen LogP contribution in [0.4, 0.5) is 0 Å². The topological polar surface area (TPSA) is 55.5 Å². The van der Waals surface area contributed by atoms with Crippen molar-refractivity contribution in [3.8, 4) is 5.75 Å². The van der Waals surface area contributed by atoms with Crippen LogP contribution in [0.1, 0.15) is 11.5 Å². The first kappa shape index (κ1) is 11.3. The number of rotatable bonds is 4. The summed E-state index contributed by atoms with van der Waals surface area (Å²) in [5, 5.41) is 9.62. The van der Waals surface area contributed by atoms with Crippen molar-refractivity contribution in [3.63, 3.8) is 0 Å². The third kappa shape index (κ3) is 2.38. The maximum atomic E-state index is 9.06. The maximum absolute atomic E-state index is 9.06. The Hall–Kier alpha value is -0.770. The molecule has 0 amide bonds. The minimum absolute atomic E-state index is 0.0291. The summed E-state index contributed by atoms with van der Waals surface area (Å²) in [7, 11) is 1.56. The number of hydrogen-bond donors (Lipinski definition) is 2. The molecule has 1 atom stereocenters. The van der Waals surface area contributed by atoms with Crippen LogP contribution in [0.15, 0.2) is 18.2 Å². The van der Waals surface area contributed by atoms with Gasteiger partial charge in [-0.3, -0.25) is 0 Å². The molecular weight excluding hydrogens is 202 g/mol. The number of methoxy groups -OCH3 is 1. The fraction of sp³-hybridized carbons (Fsp3) is 0.400. The molecule has 0 spiro atoms. The summed E-state index contributed by atoms with van der Waals surface area (Å²) in [6, 6.07) is 5.39. The highest BCUT2D eigenvalue weighted by atomic mass is 35.5.